The number of fused-ring (bicyclic) bond motifs is 1. The topological polar surface area (TPSA) is 32.3 Å². The molecular formula is C15H18Cl2N2OS. The van der Waals surface area contributed by atoms with Crippen LogP contribution in [-0.2, 0) is 0 Å². The quantitative estimate of drug-likeness (QED) is 0.848. The van der Waals surface area contributed by atoms with Crippen molar-refractivity contribution in [2.45, 2.75) is 13.8 Å². The number of benzene rings is 1. The number of rotatable bonds is 6. The number of likely N-dealkylation sites (N-methyl/N-ethyl adjacent to an activating group) is 1. The van der Waals surface area contributed by atoms with E-state index >= 15 is 0 Å². The van der Waals surface area contributed by atoms with Crippen molar-refractivity contribution in [1.29, 1.82) is 0 Å². The predicted octanol–water partition coefficient (Wildman–Crippen LogP) is 4.28. The van der Waals surface area contributed by atoms with Gasteiger partial charge in [0, 0.05) is 28.2 Å². The van der Waals surface area contributed by atoms with Gasteiger partial charge < -0.3 is 10.2 Å². The molecule has 1 aromatic heterocycles. The van der Waals surface area contributed by atoms with Crippen molar-refractivity contribution in [1.82, 2.24) is 10.2 Å². The van der Waals surface area contributed by atoms with Crippen molar-refractivity contribution in [3.05, 3.63) is 33.1 Å². The third-order valence-electron chi connectivity index (χ3n) is 3.41. The second kappa shape index (κ2) is 7.45. The molecule has 0 spiro atoms. The molecule has 2 rings (SSSR count). The highest BCUT2D eigenvalue weighted by atomic mass is 35.5. The molecule has 3 nitrogen and oxygen atoms in total. The minimum absolute atomic E-state index is 0.121. The number of carbonyl (C=O) groups is 1. The molecular weight excluding hydrogens is 327 g/mol. The molecule has 0 radical (unpaired) electrons. The van der Waals surface area contributed by atoms with Gasteiger partial charge in [0.15, 0.2) is 0 Å². The molecule has 0 aliphatic rings. The summed E-state index contributed by atoms with van der Waals surface area (Å²) >= 11 is 13.6. The lowest BCUT2D eigenvalue weighted by Gasteiger charge is -2.17. The van der Waals surface area contributed by atoms with Gasteiger partial charge in [-0.2, -0.15) is 0 Å². The molecule has 0 aliphatic heterocycles. The first-order valence-electron chi connectivity index (χ1n) is 6.94. The van der Waals surface area contributed by atoms with Gasteiger partial charge in [-0.3, -0.25) is 4.79 Å². The highest BCUT2D eigenvalue weighted by molar-refractivity contribution is 7.21. The number of amides is 1. The molecule has 1 aromatic carbocycles. The van der Waals surface area contributed by atoms with Crippen LogP contribution in [0.1, 0.15) is 23.5 Å². The fourth-order valence-corrected chi connectivity index (χ4v) is 3.84. The highest BCUT2D eigenvalue weighted by Gasteiger charge is 2.17. The molecule has 6 heteroatoms. The molecule has 2 aromatic rings. The largest absolute Gasteiger partial charge is 0.350 e. The summed E-state index contributed by atoms with van der Waals surface area (Å²) in [4.78, 5) is 15.0. The summed E-state index contributed by atoms with van der Waals surface area (Å²) < 4.78 is 0.932. The summed E-state index contributed by atoms with van der Waals surface area (Å²) in [5.74, 6) is -0.121. The summed E-state index contributed by atoms with van der Waals surface area (Å²) in [6.07, 6.45) is 0. The van der Waals surface area contributed by atoms with E-state index in [0.717, 1.165) is 29.7 Å². The Morgan fingerprint density at radius 2 is 2.00 bits per heavy atom. The Bertz CT molecular complexity index is 638. The average molecular weight is 345 g/mol. The lowest BCUT2D eigenvalue weighted by molar-refractivity contribution is 0.0953. The molecule has 1 heterocycles. The summed E-state index contributed by atoms with van der Waals surface area (Å²) in [6, 6.07) is 5.47. The zero-order chi connectivity index (χ0) is 15.4. The van der Waals surface area contributed by atoms with Crippen LogP contribution in [0.5, 0.6) is 0 Å². The van der Waals surface area contributed by atoms with Crippen LogP contribution in [0.2, 0.25) is 10.0 Å². The maximum absolute atomic E-state index is 12.2. The fraction of sp³-hybridized carbons (Fsp3) is 0.400. The van der Waals surface area contributed by atoms with Crippen LogP contribution in [-0.4, -0.2) is 37.0 Å². The van der Waals surface area contributed by atoms with Gasteiger partial charge in [0.25, 0.3) is 5.91 Å². The Labute approximate surface area is 138 Å². The molecule has 21 heavy (non-hydrogen) atoms. The summed E-state index contributed by atoms with van der Waals surface area (Å²) in [6.45, 7) is 7.64. The van der Waals surface area contributed by atoms with Crippen LogP contribution in [0.25, 0.3) is 10.1 Å². The Morgan fingerprint density at radius 3 is 2.67 bits per heavy atom. The number of halogens is 2. The van der Waals surface area contributed by atoms with Gasteiger partial charge in [0.2, 0.25) is 0 Å². The lowest BCUT2D eigenvalue weighted by Crippen LogP contribution is -2.34. The van der Waals surface area contributed by atoms with Crippen LogP contribution in [0, 0.1) is 0 Å². The first-order valence-corrected chi connectivity index (χ1v) is 8.52. The predicted molar refractivity (Wildman–Crippen MR) is 92.0 cm³/mol. The van der Waals surface area contributed by atoms with Gasteiger partial charge in [-0.25, -0.2) is 0 Å². The Hall–Kier alpha value is -0.810. The number of hydrogen-bond donors (Lipinski definition) is 1. The second-order valence-corrected chi connectivity index (χ2v) is 6.54. The molecule has 0 atom stereocenters. The third kappa shape index (κ3) is 3.89. The van der Waals surface area contributed by atoms with Gasteiger partial charge in [-0.05, 0) is 25.2 Å². The first-order chi connectivity index (χ1) is 10.1. The summed E-state index contributed by atoms with van der Waals surface area (Å²) in [7, 11) is 0. The third-order valence-corrected chi connectivity index (χ3v) is 5.30. The molecule has 1 amide bonds. The van der Waals surface area contributed by atoms with E-state index in [-0.39, 0.29) is 5.91 Å². The van der Waals surface area contributed by atoms with Crippen molar-refractivity contribution in [2.75, 3.05) is 26.2 Å². The molecule has 0 saturated carbocycles. The van der Waals surface area contributed by atoms with E-state index in [2.05, 4.69) is 24.1 Å². The zero-order valence-corrected chi connectivity index (χ0v) is 14.4. The summed E-state index contributed by atoms with van der Waals surface area (Å²) in [5, 5.41) is 4.96. The SMILES string of the molecule is CCN(CC)CCNC(=O)c1sc2cc(Cl)ccc2c1Cl. The van der Waals surface area contributed by atoms with E-state index in [4.69, 9.17) is 23.2 Å². The highest BCUT2D eigenvalue weighted by Crippen LogP contribution is 2.36. The van der Waals surface area contributed by atoms with E-state index in [1.54, 1.807) is 6.07 Å². The van der Waals surface area contributed by atoms with E-state index in [1.165, 1.54) is 11.3 Å². The number of nitrogens with one attached hydrogen (secondary N) is 1. The molecule has 0 saturated heterocycles. The van der Waals surface area contributed by atoms with Crippen LogP contribution in [0.3, 0.4) is 0 Å². The van der Waals surface area contributed by atoms with Crippen molar-refractivity contribution in [3.63, 3.8) is 0 Å². The average Bonchev–Trinajstić information content (AvgIpc) is 2.80. The van der Waals surface area contributed by atoms with Gasteiger partial charge in [0.1, 0.15) is 4.88 Å². The van der Waals surface area contributed by atoms with E-state index in [0.29, 0.717) is 21.5 Å². The number of nitrogens with zero attached hydrogens (tertiary/aromatic N) is 1. The number of thiophene rings is 1. The molecule has 0 fully saturated rings. The fourth-order valence-electron chi connectivity index (χ4n) is 2.13. The van der Waals surface area contributed by atoms with Gasteiger partial charge >= 0.3 is 0 Å². The minimum Gasteiger partial charge on any atom is -0.350 e. The van der Waals surface area contributed by atoms with Gasteiger partial charge in [-0.1, -0.05) is 43.1 Å². The Kier molecular flexibility index (Phi) is 5.88. The van der Waals surface area contributed by atoms with Crippen molar-refractivity contribution in [2.24, 2.45) is 0 Å². The summed E-state index contributed by atoms with van der Waals surface area (Å²) in [5.41, 5.74) is 0. The molecule has 0 aliphatic carbocycles. The van der Waals surface area contributed by atoms with Crippen LogP contribution in [0.15, 0.2) is 18.2 Å². The second-order valence-electron chi connectivity index (χ2n) is 4.67. The van der Waals surface area contributed by atoms with Crippen molar-refractivity contribution < 1.29 is 4.79 Å². The van der Waals surface area contributed by atoms with Crippen LogP contribution < -0.4 is 5.32 Å². The van der Waals surface area contributed by atoms with Crippen LogP contribution >= 0.6 is 34.5 Å². The maximum atomic E-state index is 12.2. The van der Waals surface area contributed by atoms with E-state index < -0.39 is 0 Å². The molecule has 0 bridgehead atoms. The lowest BCUT2D eigenvalue weighted by atomic mass is 10.2. The zero-order valence-electron chi connectivity index (χ0n) is 12.1. The van der Waals surface area contributed by atoms with Crippen molar-refractivity contribution in [3.8, 4) is 0 Å². The maximum Gasteiger partial charge on any atom is 0.262 e. The van der Waals surface area contributed by atoms with Gasteiger partial charge in [0.05, 0.1) is 5.02 Å². The normalized spacial score (nSPS) is 11.3. The van der Waals surface area contributed by atoms with Crippen LogP contribution in [0.4, 0.5) is 0 Å². The molecule has 0 unspecified atom stereocenters. The van der Waals surface area contributed by atoms with Gasteiger partial charge in [-0.15, -0.1) is 11.3 Å². The molecule has 1 N–H and O–H groups in total. The van der Waals surface area contributed by atoms with Crippen molar-refractivity contribution >= 4 is 50.5 Å². The van der Waals surface area contributed by atoms with E-state index in [9.17, 15) is 4.79 Å². The minimum atomic E-state index is -0.121. The monoisotopic (exact) mass is 344 g/mol. The number of hydrogen-bond acceptors (Lipinski definition) is 3. The van der Waals surface area contributed by atoms with E-state index in [1.807, 2.05) is 12.1 Å². The number of carbonyl (C=O) groups excluding carboxylic acids is 1. The smallest absolute Gasteiger partial charge is 0.262 e. The first kappa shape index (κ1) is 16.6. The molecule has 114 valence electrons. The Morgan fingerprint density at radius 1 is 1.29 bits per heavy atom. The Balaban J connectivity index is 2.07. The standard InChI is InChI=1S/C15H18Cl2N2OS/c1-3-19(4-2)8-7-18-15(20)14-13(17)11-6-5-10(16)9-12(11)21-14/h5-6,9H,3-4,7-8H2,1-2H3,(H,18,20).